The van der Waals surface area contributed by atoms with Crippen molar-refractivity contribution in [2.45, 2.75) is 60.8 Å². The van der Waals surface area contributed by atoms with Crippen molar-refractivity contribution in [3.63, 3.8) is 0 Å². The van der Waals surface area contributed by atoms with Crippen LogP contribution in [0.3, 0.4) is 0 Å². The maximum Gasteiger partial charge on any atom is 0.130 e. The van der Waals surface area contributed by atoms with Crippen molar-refractivity contribution >= 4 is 5.78 Å². The Morgan fingerprint density at radius 3 is 2.38 bits per heavy atom. The number of hydrogen-bond acceptors (Lipinski definition) is 1. The fourth-order valence-electron chi connectivity index (χ4n) is 4.00. The van der Waals surface area contributed by atoms with E-state index in [1.54, 1.807) is 6.92 Å². The summed E-state index contributed by atoms with van der Waals surface area (Å²) in [5, 5.41) is 0. The lowest BCUT2D eigenvalue weighted by Crippen LogP contribution is -2.43. The van der Waals surface area contributed by atoms with Crippen molar-refractivity contribution in [3.8, 4) is 0 Å². The lowest BCUT2D eigenvalue weighted by Gasteiger charge is -2.50. The zero-order valence-corrected chi connectivity index (χ0v) is 11.8. The summed E-state index contributed by atoms with van der Waals surface area (Å²) in [5.41, 5.74) is 0.381. The van der Waals surface area contributed by atoms with Crippen molar-refractivity contribution in [1.29, 1.82) is 0 Å². The molecule has 16 heavy (non-hydrogen) atoms. The van der Waals surface area contributed by atoms with Gasteiger partial charge in [0, 0.05) is 6.42 Å². The van der Waals surface area contributed by atoms with Crippen LogP contribution in [0.4, 0.5) is 0 Å². The van der Waals surface area contributed by atoms with E-state index in [4.69, 9.17) is 0 Å². The fraction of sp³-hybridized carbons (Fsp3) is 0.933. The van der Waals surface area contributed by atoms with Crippen molar-refractivity contribution in [1.82, 2.24) is 0 Å². The molecular formula is C15H28O. The third-order valence-electron chi connectivity index (χ3n) is 5.02. The molecule has 0 bridgehead atoms. The highest BCUT2D eigenvalue weighted by Gasteiger charge is 2.43. The van der Waals surface area contributed by atoms with E-state index in [0.717, 1.165) is 18.3 Å². The third-order valence-corrected chi connectivity index (χ3v) is 5.02. The van der Waals surface area contributed by atoms with Gasteiger partial charge in [0.05, 0.1) is 0 Å². The van der Waals surface area contributed by atoms with Gasteiger partial charge < -0.3 is 4.79 Å². The SMILES string of the molecule is CC(=O)CC(C)[C@H]1C(C)CCC(C)C1(C)C. The summed E-state index contributed by atoms with van der Waals surface area (Å²) in [6.45, 7) is 13.5. The summed E-state index contributed by atoms with van der Waals surface area (Å²) in [7, 11) is 0. The lowest BCUT2D eigenvalue weighted by atomic mass is 9.55. The van der Waals surface area contributed by atoms with Crippen molar-refractivity contribution in [2.75, 3.05) is 0 Å². The number of rotatable bonds is 3. The molecule has 0 heterocycles. The summed E-state index contributed by atoms with van der Waals surface area (Å²) in [6.07, 6.45) is 3.43. The van der Waals surface area contributed by atoms with Gasteiger partial charge in [-0.25, -0.2) is 0 Å². The number of hydrogen-bond donors (Lipinski definition) is 0. The van der Waals surface area contributed by atoms with Gasteiger partial charge in [0.15, 0.2) is 0 Å². The summed E-state index contributed by atoms with van der Waals surface area (Å²) >= 11 is 0. The zero-order chi connectivity index (χ0) is 12.5. The molecule has 1 aliphatic rings. The Labute approximate surface area is 101 Å². The van der Waals surface area contributed by atoms with Gasteiger partial charge in [0.25, 0.3) is 0 Å². The molecule has 0 spiro atoms. The van der Waals surface area contributed by atoms with Gasteiger partial charge in [-0.1, -0.05) is 41.0 Å². The molecule has 0 aliphatic heterocycles. The Hall–Kier alpha value is -0.330. The maximum absolute atomic E-state index is 11.3. The first-order chi connectivity index (χ1) is 7.26. The highest BCUT2D eigenvalue weighted by molar-refractivity contribution is 5.75. The molecule has 0 amide bonds. The van der Waals surface area contributed by atoms with Crippen LogP contribution in [-0.4, -0.2) is 5.78 Å². The third kappa shape index (κ3) is 2.67. The van der Waals surface area contributed by atoms with Gasteiger partial charge in [-0.2, -0.15) is 0 Å². The molecule has 1 aliphatic carbocycles. The van der Waals surface area contributed by atoms with Crippen LogP contribution in [0.2, 0.25) is 0 Å². The Morgan fingerprint density at radius 1 is 1.31 bits per heavy atom. The molecule has 3 unspecified atom stereocenters. The van der Waals surface area contributed by atoms with E-state index in [-0.39, 0.29) is 0 Å². The number of Topliss-reactive ketones (excluding diaryl/α,β-unsaturated/α-hetero) is 1. The van der Waals surface area contributed by atoms with Gasteiger partial charge in [-0.05, 0) is 42.4 Å². The largest absolute Gasteiger partial charge is 0.300 e. The molecule has 0 aromatic rings. The van der Waals surface area contributed by atoms with Crippen LogP contribution >= 0.6 is 0 Å². The minimum Gasteiger partial charge on any atom is -0.300 e. The standard InChI is InChI=1S/C15H28O/c1-10-7-8-12(3)15(5,6)14(10)11(2)9-13(4)16/h10-12,14H,7-9H2,1-6H3/t10?,11?,12?,14-/m1/s1. The molecule has 1 rings (SSSR count). The van der Waals surface area contributed by atoms with Gasteiger partial charge in [0.2, 0.25) is 0 Å². The van der Waals surface area contributed by atoms with E-state index in [1.807, 2.05) is 0 Å². The zero-order valence-electron chi connectivity index (χ0n) is 11.8. The maximum atomic E-state index is 11.3. The molecule has 0 N–H and O–H groups in total. The first kappa shape index (κ1) is 13.7. The van der Waals surface area contributed by atoms with E-state index in [2.05, 4.69) is 34.6 Å². The Morgan fingerprint density at radius 2 is 1.88 bits per heavy atom. The summed E-state index contributed by atoms with van der Waals surface area (Å²) in [5.74, 6) is 3.11. The predicted octanol–water partition coefficient (Wildman–Crippen LogP) is 4.31. The van der Waals surface area contributed by atoms with Crippen LogP contribution in [-0.2, 0) is 4.79 Å². The van der Waals surface area contributed by atoms with Gasteiger partial charge in [-0.15, -0.1) is 0 Å². The second kappa shape index (κ2) is 4.89. The molecule has 0 saturated heterocycles. The number of carbonyl (C=O) groups excluding carboxylic acids is 1. The molecular weight excluding hydrogens is 196 g/mol. The molecule has 1 nitrogen and oxygen atoms in total. The number of carbonyl (C=O) groups is 1. The van der Waals surface area contributed by atoms with Gasteiger partial charge in [-0.3, -0.25) is 0 Å². The van der Waals surface area contributed by atoms with E-state index in [0.29, 0.717) is 23.0 Å². The molecule has 0 radical (unpaired) electrons. The topological polar surface area (TPSA) is 17.1 Å². The average Bonchev–Trinajstić information content (AvgIpc) is 2.10. The Balaban J connectivity index is 2.84. The molecule has 94 valence electrons. The van der Waals surface area contributed by atoms with Crippen LogP contribution < -0.4 is 0 Å². The average molecular weight is 224 g/mol. The Bertz CT molecular complexity index is 254. The van der Waals surface area contributed by atoms with Crippen LogP contribution in [0.15, 0.2) is 0 Å². The molecule has 1 fully saturated rings. The molecule has 0 aromatic carbocycles. The highest BCUT2D eigenvalue weighted by atomic mass is 16.1. The first-order valence-electron chi connectivity index (χ1n) is 6.76. The van der Waals surface area contributed by atoms with E-state index in [9.17, 15) is 4.79 Å². The monoisotopic (exact) mass is 224 g/mol. The lowest BCUT2D eigenvalue weighted by molar-refractivity contribution is -0.119. The summed E-state index contributed by atoms with van der Waals surface area (Å²) < 4.78 is 0. The smallest absolute Gasteiger partial charge is 0.130 e. The minimum absolute atomic E-state index is 0.341. The Kier molecular flexibility index (Phi) is 4.20. The highest BCUT2D eigenvalue weighted by Crippen LogP contribution is 2.51. The molecule has 1 saturated carbocycles. The summed E-state index contributed by atoms with van der Waals surface area (Å²) in [6, 6.07) is 0. The van der Waals surface area contributed by atoms with Crippen LogP contribution in [0.1, 0.15) is 60.8 Å². The van der Waals surface area contributed by atoms with Gasteiger partial charge in [0.1, 0.15) is 5.78 Å². The van der Waals surface area contributed by atoms with E-state index < -0.39 is 0 Å². The van der Waals surface area contributed by atoms with E-state index in [1.165, 1.54) is 12.8 Å². The molecule has 0 aromatic heterocycles. The van der Waals surface area contributed by atoms with Crippen LogP contribution in [0.25, 0.3) is 0 Å². The quantitative estimate of drug-likeness (QED) is 0.698. The van der Waals surface area contributed by atoms with E-state index >= 15 is 0 Å². The predicted molar refractivity (Wildman–Crippen MR) is 69.3 cm³/mol. The fourth-order valence-corrected chi connectivity index (χ4v) is 4.00. The van der Waals surface area contributed by atoms with Crippen molar-refractivity contribution in [3.05, 3.63) is 0 Å². The van der Waals surface area contributed by atoms with Crippen molar-refractivity contribution < 1.29 is 4.79 Å². The minimum atomic E-state index is 0.341. The summed E-state index contributed by atoms with van der Waals surface area (Å²) in [4.78, 5) is 11.3. The second-order valence-electron chi connectivity index (χ2n) is 6.69. The van der Waals surface area contributed by atoms with Gasteiger partial charge >= 0.3 is 0 Å². The normalized spacial score (nSPS) is 35.8. The molecule has 4 atom stereocenters. The first-order valence-corrected chi connectivity index (χ1v) is 6.76. The van der Waals surface area contributed by atoms with Crippen LogP contribution in [0.5, 0.6) is 0 Å². The number of ketones is 1. The molecule has 1 heteroatoms. The van der Waals surface area contributed by atoms with Crippen molar-refractivity contribution in [2.24, 2.45) is 29.1 Å². The van der Waals surface area contributed by atoms with Crippen LogP contribution in [0, 0.1) is 29.1 Å². The second-order valence-corrected chi connectivity index (χ2v) is 6.69.